The van der Waals surface area contributed by atoms with Crippen LogP contribution in [0, 0.1) is 0 Å². The minimum Gasteiger partial charge on any atom is -0.454 e. The summed E-state index contributed by atoms with van der Waals surface area (Å²) >= 11 is 35.3. The first kappa shape index (κ1) is 18.4. The molecule has 0 bridgehead atoms. The minimum absolute atomic E-state index is 0.119. The highest BCUT2D eigenvalue weighted by Gasteiger charge is 2.36. The van der Waals surface area contributed by atoms with Gasteiger partial charge in [-0.1, -0.05) is 75.7 Å². The molecule has 0 aromatic heterocycles. The van der Waals surface area contributed by atoms with E-state index >= 15 is 0 Å². The maximum atomic E-state index is 5.91. The van der Waals surface area contributed by atoms with Crippen molar-refractivity contribution in [2.75, 3.05) is 6.79 Å². The predicted molar refractivity (Wildman–Crippen MR) is 97.3 cm³/mol. The van der Waals surface area contributed by atoms with E-state index in [1.807, 2.05) is 18.2 Å². The number of fused-ring (bicyclic) bond motifs is 1. The Morgan fingerprint density at radius 1 is 1.08 bits per heavy atom. The van der Waals surface area contributed by atoms with Crippen molar-refractivity contribution >= 4 is 75.3 Å². The van der Waals surface area contributed by atoms with E-state index in [1.165, 1.54) is 0 Å². The predicted octanol–water partition coefficient (Wildman–Crippen LogP) is 4.72. The maximum absolute atomic E-state index is 5.91. The van der Waals surface area contributed by atoms with Gasteiger partial charge in [-0.25, -0.2) is 0 Å². The molecular formula is C13H9Cl6N3O2. The number of hydrogen-bond acceptors (Lipinski definition) is 5. The number of nitrogens with one attached hydrogen (secondary N) is 1. The first-order valence-corrected chi connectivity index (χ1v) is 8.78. The van der Waals surface area contributed by atoms with Crippen LogP contribution >= 0.6 is 69.6 Å². The van der Waals surface area contributed by atoms with Gasteiger partial charge in [0, 0.05) is 12.1 Å². The van der Waals surface area contributed by atoms with Gasteiger partial charge in [0.2, 0.25) is 10.6 Å². The molecule has 0 saturated heterocycles. The van der Waals surface area contributed by atoms with Gasteiger partial charge in [-0.3, -0.25) is 5.43 Å². The smallest absolute Gasteiger partial charge is 0.301 e. The Kier molecular flexibility index (Phi) is 5.13. The van der Waals surface area contributed by atoms with E-state index in [2.05, 4.69) is 10.5 Å². The molecule has 11 heteroatoms. The Morgan fingerprint density at radius 2 is 1.79 bits per heavy atom. The number of nitrogens with zero attached hydrogens (tertiary/aromatic N) is 2. The largest absolute Gasteiger partial charge is 0.454 e. The summed E-state index contributed by atoms with van der Waals surface area (Å²) < 4.78 is 7.01. The molecule has 1 aromatic carbocycles. The van der Waals surface area contributed by atoms with Crippen molar-refractivity contribution < 1.29 is 9.47 Å². The summed E-state index contributed by atoms with van der Waals surface area (Å²) in [6.45, 7) is 0.199. The molecule has 5 nitrogen and oxygen atoms in total. The van der Waals surface area contributed by atoms with E-state index in [-0.39, 0.29) is 12.5 Å². The summed E-state index contributed by atoms with van der Waals surface area (Å²) in [5, 5.41) is 5.00. The molecule has 0 amide bonds. The molecule has 2 heterocycles. The Hall–Kier alpha value is -0.430. The van der Waals surface area contributed by atoms with Gasteiger partial charge in [0.1, 0.15) is 5.71 Å². The van der Waals surface area contributed by atoms with E-state index in [9.17, 15) is 0 Å². The zero-order valence-electron chi connectivity index (χ0n) is 11.7. The van der Waals surface area contributed by atoms with E-state index in [0.29, 0.717) is 23.6 Å². The second kappa shape index (κ2) is 6.71. The maximum Gasteiger partial charge on any atom is 0.301 e. The molecule has 0 radical (unpaired) electrons. The van der Waals surface area contributed by atoms with Gasteiger partial charge in [-0.15, -0.1) is 0 Å². The number of alkyl halides is 6. The quantitative estimate of drug-likeness (QED) is 0.522. The molecule has 2 aliphatic rings. The third kappa shape index (κ3) is 4.21. The standard InChI is InChI=1S/C13H9Cl6N3O2/c14-12(15,16)11-5-8(20-22(21-11)13(17,18)19)3-7-1-2-9-10(4-7)24-6-23-9/h1-2,4-5,20H,3,6H2. The van der Waals surface area contributed by atoms with Gasteiger partial charge in [0.25, 0.3) is 0 Å². The number of benzene rings is 1. The molecule has 3 rings (SSSR count). The molecule has 0 atom stereocenters. The van der Waals surface area contributed by atoms with Crippen molar-refractivity contribution in [1.82, 2.24) is 10.5 Å². The van der Waals surface area contributed by atoms with E-state index < -0.39 is 7.71 Å². The third-order valence-corrected chi connectivity index (χ3v) is 4.19. The molecule has 1 N–H and O–H groups in total. The van der Waals surface area contributed by atoms with Crippen LogP contribution in [0.4, 0.5) is 0 Å². The second-order valence-corrected chi connectivity index (χ2v) is 9.41. The van der Waals surface area contributed by atoms with Crippen LogP contribution in [-0.4, -0.2) is 25.3 Å². The van der Waals surface area contributed by atoms with Gasteiger partial charge in [-0.2, -0.15) is 10.2 Å². The zero-order valence-corrected chi connectivity index (χ0v) is 16.2. The summed E-state index contributed by atoms with van der Waals surface area (Å²) in [5.74, 6) is 1.35. The van der Waals surface area contributed by atoms with Crippen LogP contribution in [0.3, 0.4) is 0 Å². The first-order chi connectivity index (χ1) is 11.1. The van der Waals surface area contributed by atoms with Gasteiger partial charge in [0.15, 0.2) is 11.5 Å². The van der Waals surface area contributed by atoms with Crippen molar-refractivity contribution in [1.29, 1.82) is 0 Å². The Morgan fingerprint density at radius 3 is 2.46 bits per heavy atom. The highest BCUT2D eigenvalue weighted by atomic mass is 35.6. The van der Waals surface area contributed by atoms with Crippen molar-refractivity contribution in [3.8, 4) is 11.5 Å². The molecular weight excluding hydrogens is 443 g/mol. The fourth-order valence-electron chi connectivity index (χ4n) is 2.11. The molecule has 0 spiro atoms. The second-order valence-electron chi connectivity index (χ2n) is 4.91. The topological polar surface area (TPSA) is 46.1 Å². The van der Waals surface area contributed by atoms with Crippen LogP contribution in [-0.2, 0) is 6.42 Å². The lowest BCUT2D eigenvalue weighted by atomic mass is 10.1. The number of halogens is 6. The van der Waals surface area contributed by atoms with Crippen molar-refractivity contribution in [2.45, 2.75) is 14.1 Å². The van der Waals surface area contributed by atoms with E-state index in [1.54, 1.807) is 6.08 Å². The molecule has 0 unspecified atom stereocenters. The van der Waals surface area contributed by atoms with Crippen molar-refractivity contribution in [3.63, 3.8) is 0 Å². The number of rotatable bonds is 2. The number of allylic oxidation sites excluding steroid dienone is 2. The average Bonchev–Trinajstić information content (AvgIpc) is 2.92. The molecule has 24 heavy (non-hydrogen) atoms. The number of hydrazine groups is 1. The highest BCUT2D eigenvalue weighted by Crippen LogP contribution is 2.37. The van der Waals surface area contributed by atoms with Gasteiger partial charge >= 0.3 is 3.92 Å². The molecule has 1 aromatic rings. The lowest BCUT2D eigenvalue weighted by Crippen LogP contribution is -2.46. The summed E-state index contributed by atoms with van der Waals surface area (Å²) in [5.41, 5.74) is 4.54. The number of hydrazone groups is 1. The van der Waals surface area contributed by atoms with Gasteiger partial charge < -0.3 is 9.47 Å². The van der Waals surface area contributed by atoms with Gasteiger partial charge in [-0.05, 0) is 23.8 Å². The first-order valence-electron chi connectivity index (χ1n) is 6.51. The summed E-state index contributed by atoms with van der Waals surface area (Å²) in [6, 6.07) is 5.56. The van der Waals surface area contributed by atoms with Gasteiger partial charge in [0.05, 0.1) is 0 Å². The molecule has 2 aliphatic heterocycles. The van der Waals surface area contributed by atoms with E-state index in [0.717, 1.165) is 10.7 Å². The Labute approximate surface area is 167 Å². The van der Waals surface area contributed by atoms with E-state index in [4.69, 9.17) is 79.1 Å². The summed E-state index contributed by atoms with van der Waals surface area (Å²) in [6.07, 6.45) is 2.03. The fourth-order valence-corrected chi connectivity index (χ4v) is 2.63. The normalized spacial score (nSPS) is 17.3. The minimum atomic E-state index is -1.87. The molecule has 0 saturated carbocycles. The van der Waals surface area contributed by atoms with Crippen LogP contribution in [0.15, 0.2) is 35.1 Å². The molecule has 0 fully saturated rings. The monoisotopic (exact) mass is 449 g/mol. The SMILES string of the molecule is ClC(Cl)(Cl)C1=NN(C(Cl)(Cl)Cl)NC(Cc2ccc3c(c2)OCO3)=C1. The third-order valence-electron chi connectivity index (χ3n) is 3.13. The fraction of sp³-hybridized carbons (Fsp3) is 0.308. The highest BCUT2D eigenvalue weighted by molar-refractivity contribution is 6.77. The lowest BCUT2D eigenvalue weighted by Gasteiger charge is -2.33. The molecule has 0 aliphatic carbocycles. The lowest BCUT2D eigenvalue weighted by molar-refractivity contribution is 0.174. The van der Waals surface area contributed by atoms with Crippen molar-refractivity contribution in [3.05, 3.63) is 35.5 Å². The van der Waals surface area contributed by atoms with Crippen molar-refractivity contribution in [2.24, 2.45) is 5.10 Å². The molecule has 130 valence electrons. The summed E-state index contributed by atoms with van der Waals surface area (Å²) in [7, 11) is 0. The number of ether oxygens (including phenoxy) is 2. The Bertz CT molecular complexity index is 711. The Balaban J connectivity index is 1.86. The number of hydrogen-bond donors (Lipinski definition) is 1. The van der Waals surface area contributed by atoms with Crippen LogP contribution < -0.4 is 14.9 Å². The van der Waals surface area contributed by atoms with Crippen LogP contribution in [0.2, 0.25) is 0 Å². The zero-order chi connectivity index (χ0) is 17.5. The summed E-state index contributed by atoms with van der Waals surface area (Å²) in [4.78, 5) is 0. The van der Waals surface area contributed by atoms with Crippen LogP contribution in [0.5, 0.6) is 11.5 Å². The average molecular weight is 452 g/mol. The van der Waals surface area contributed by atoms with Crippen LogP contribution in [0.1, 0.15) is 5.56 Å². The van der Waals surface area contributed by atoms with Crippen LogP contribution in [0.25, 0.3) is 0 Å².